The SMILES string of the molecule is CC(C)C1(O)CN(C(=O)C2(c3ccc(N)cc3)CC2)C1. The molecule has 1 saturated carbocycles. The van der Waals surface area contributed by atoms with Crippen molar-refractivity contribution in [2.75, 3.05) is 18.8 Å². The second-order valence-electron chi connectivity index (χ2n) is 6.62. The summed E-state index contributed by atoms with van der Waals surface area (Å²) < 4.78 is 0. The Hall–Kier alpha value is -1.55. The average Bonchev–Trinajstić information content (AvgIpc) is 3.16. The summed E-state index contributed by atoms with van der Waals surface area (Å²) >= 11 is 0. The minimum Gasteiger partial charge on any atom is -0.399 e. The van der Waals surface area contributed by atoms with E-state index in [2.05, 4.69) is 0 Å². The van der Waals surface area contributed by atoms with Crippen LogP contribution in [0, 0.1) is 5.92 Å². The van der Waals surface area contributed by atoms with Gasteiger partial charge in [0, 0.05) is 5.69 Å². The van der Waals surface area contributed by atoms with Crippen LogP contribution in [-0.4, -0.2) is 34.6 Å². The Balaban J connectivity index is 1.74. The molecule has 2 aliphatic rings. The van der Waals surface area contributed by atoms with Crippen molar-refractivity contribution < 1.29 is 9.90 Å². The molecule has 0 aromatic heterocycles. The van der Waals surface area contributed by atoms with Gasteiger partial charge in [0.2, 0.25) is 5.91 Å². The fourth-order valence-electron chi connectivity index (χ4n) is 2.98. The van der Waals surface area contributed by atoms with E-state index in [-0.39, 0.29) is 17.2 Å². The number of aliphatic hydroxyl groups is 1. The molecule has 1 aromatic rings. The van der Waals surface area contributed by atoms with E-state index in [4.69, 9.17) is 5.73 Å². The first kappa shape index (κ1) is 13.4. The number of carbonyl (C=O) groups is 1. The van der Waals surface area contributed by atoms with Crippen LogP contribution in [0.1, 0.15) is 32.3 Å². The molecular formula is C16H22N2O2. The van der Waals surface area contributed by atoms with Gasteiger partial charge in [0.25, 0.3) is 0 Å². The predicted molar refractivity (Wildman–Crippen MR) is 78.1 cm³/mol. The van der Waals surface area contributed by atoms with E-state index < -0.39 is 5.60 Å². The number of amides is 1. The number of hydrogen-bond acceptors (Lipinski definition) is 3. The van der Waals surface area contributed by atoms with E-state index >= 15 is 0 Å². The molecule has 0 spiro atoms. The fourth-order valence-corrected chi connectivity index (χ4v) is 2.98. The van der Waals surface area contributed by atoms with Crippen LogP contribution < -0.4 is 5.73 Å². The third-order valence-electron chi connectivity index (χ3n) is 4.91. The maximum Gasteiger partial charge on any atom is 0.233 e. The zero-order chi connectivity index (χ0) is 14.5. The summed E-state index contributed by atoms with van der Waals surface area (Å²) in [5.41, 5.74) is 6.42. The van der Waals surface area contributed by atoms with Crippen molar-refractivity contribution in [3.8, 4) is 0 Å². The van der Waals surface area contributed by atoms with Gasteiger partial charge in [-0.05, 0) is 36.5 Å². The lowest BCUT2D eigenvalue weighted by molar-refractivity contribution is -0.166. The molecular weight excluding hydrogens is 252 g/mol. The summed E-state index contributed by atoms with van der Waals surface area (Å²) in [7, 11) is 0. The van der Waals surface area contributed by atoms with Gasteiger partial charge in [-0.2, -0.15) is 0 Å². The number of likely N-dealkylation sites (tertiary alicyclic amines) is 1. The third-order valence-corrected chi connectivity index (χ3v) is 4.91. The van der Waals surface area contributed by atoms with Gasteiger partial charge >= 0.3 is 0 Å². The Morgan fingerprint density at radius 1 is 1.25 bits per heavy atom. The van der Waals surface area contributed by atoms with Crippen molar-refractivity contribution >= 4 is 11.6 Å². The molecule has 108 valence electrons. The van der Waals surface area contributed by atoms with Crippen LogP contribution in [0.4, 0.5) is 5.69 Å². The predicted octanol–water partition coefficient (Wildman–Crippen LogP) is 1.53. The average molecular weight is 274 g/mol. The second kappa shape index (κ2) is 4.22. The first-order valence-electron chi connectivity index (χ1n) is 7.25. The molecule has 1 saturated heterocycles. The summed E-state index contributed by atoms with van der Waals surface area (Å²) in [6, 6.07) is 7.61. The molecule has 0 bridgehead atoms. The zero-order valence-corrected chi connectivity index (χ0v) is 12.1. The van der Waals surface area contributed by atoms with Crippen LogP contribution in [0.3, 0.4) is 0 Å². The van der Waals surface area contributed by atoms with Gasteiger partial charge < -0.3 is 15.7 Å². The van der Waals surface area contributed by atoms with Gasteiger partial charge in [0.05, 0.1) is 18.5 Å². The summed E-state index contributed by atoms with van der Waals surface area (Å²) in [5.74, 6) is 0.339. The minimum absolute atomic E-state index is 0.160. The Kier molecular flexibility index (Phi) is 2.83. The first-order chi connectivity index (χ1) is 9.37. The number of β-amino-alcohol motifs (C(OH)–C–C–N with tert-alkyl or cyclic N) is 1. The highest BCUT2D eigenvalue weighted by Crippen LogP contribution is 2.51. The quantitative estimate of drug-likeness (QED) is 0.821. The van der Waals surface area contributed by atoms with Gasteiger partial charge in [-0.15, -0.1) is 0 Å². The van der Waals surface area contributed by atoms with Crippen LogP contribution in [0.5, 0.6) is 0 Å². The van der Waals surface area contributed by atoms with E-state index in [0.717, 1.165) is 24.1 Å². The van der Waals surface area contributed by atoms with Gasteiger partial charge in [-0.1, -0.05) is 26.0 Å². The Morgan fingerprint density at radius 3 is 2.25 bits per heavy atom. The van der Waals surface area contributed by atoms with E-state index in [9.17, 15) is 9.90 Å². The monoisotopic (exact) mass is 274 g/mol. The molecule has 0 unspecified atom stereocenters. The number of nitrogens with two attached hydrogens (primary N) is 1. The van der Waals surface area contributed by atoms with Gasteiger partial charge in [0.1, 0.15) is 5.60 Å². The van der Waals surface area contributed by atoms with Gasteiger partial charge in [-0.25, -0.2) is 0 Å². The highest BCUT2D eigenvalue weighted by molar-refractivity contribution is 5.92. The lowest BCUT2D eigenvalue weighted by atomic mass is 9.81. The summed E-state index contributed by atoms with van der Waals surface area (Å²) in [5, 5.41) is 10.3. The standard InChI is InChI=1S/C16H22N2O2/c1-11(2)16(20)9-18(10-16)14(19)15(7-8-15)12-3-5-13(17)6-4-12/h3-6,11,20H,7-10,17H2,1-2H3. The van der Waals surface area contributed by atoms with Crippen molar-refractivity contribution in [2.24, 2.45) is 5.92 Å². The van der Waals surface area contributed by atoms with Crippen molar-refractivity contribution in [3.63, 3.8) is 0 Å². The van der Waals surface area contributed by atoms with Crippen molar-refractivity contribution in [3.05, 3.63) is 29.8 Å². The lowest BCUT2D eigenvalue weighted by Gasteiger charge is -2.50. The normalized spacial score (nSPS) is 22.5. The number of anilines is 1. The van der Waals surface area contributed by atoms with E-state index in [1.807, 2.05) is 38.1 Å². The first-order valence-corrected chi connectivity index (χ1v) is 7.25. The van der Waals surface area contributed by atoms with Gasteiger partial charge in [-0.3, -0.25) is 4.79 Å². The molecule has 20 heavy (non-hydrogen) atoms. The molecule has 3 rings (SSSR count). The number of carbonyl (C=O) groups excluding carboxylic acids is 1. The topological polar surface area (TPSA) is 66.6 Å². The number of nitrogens with zero attached hydrogens (tertiary/aromatic N) is 1. The second-order valence-corrected chi connectivity index (χ2v) is 6.62. The van der Waals surface area contributed by atoms with E-state index in [0.29, 0.717) is 13.1 Å². The number of benzene rings is 1. The molecule has 3 N–H and O–H groups in total. The summed E-state index contributed by atoms with van der Waals surface area (Å²) in [6.45, 7) is 4.91. The Labute approximate surface area is 119 Å². The smallest absolute Gasteiger partial charge is 0.233 e. The Bertz CT molecular complexity index is 526. The van der Waals surface area contributed by atoms with Crippen LogP contribution >= 0.6 is 0 Å². The van der Waals surface area contributed by atoms with E-state index in [1.165, 1.54) is 0 Å². The fraction of sp³-hybridized carbons (Fsp3) is 0.562. The van der Waals surface area contributed by atoms with E-state index in [1.54, 1.807) is 4.90 Å². The van der Waals surface area contributed by atoms with Crippen LogP contribution in [0.25, 0.3) is 0 Å². The molecule has 1 heterocycles. The molecule has 1 amide bonds. The third kappa shape index (κ3) is 1.90. The molecule has 2 fully saturated rings. The highest BCUT2D eigenvalue weighted by atomic mass is 16.3. The van der Waals surface area contributed by atoms with Crippen LogP contribution in [-0.2, 0) is 10.2 Å². The zero-order valence-electron chi connectivity index (χ0n) is 12.1. The lowest BCUT2D eigenvalue weighted by Crippen LogP contribution is -2.67. The largest absolute Gasteiger partial charge is 0.399 e. The maximum atomic E-state index is 12.7. The number of rotatable bonds is 3. The number of hydrogen-bond donors (Lipinski definition) is 2. The molecule has 0 atom stereocenters. The van der Waals surface area contributed by atoms with Crippen molar-refractivity contribution in [1.82, 2.24) is 4.90 Å². The molecule has 0 radical (unpaired) electrons. The van der Waals surface area contributed by atoms with Crippen molar-refractivity contribution in [2.45, 2.75) is 37.7 Å². The highest BCUT2D eigenvalue weighted by Gasteiger charge is 2.57. The summed E-state index contributed by atoms with van der Waals surface area (Å²) in [4.78, 5) is 14.5. The molecule has 4 nitrogen and oxygen atoms in total. The maximum absolute atomic E-state index is 12.7. The number of nitrogen functional groups attached to an aromatic ring is 1. The van der Waals surface area contributed by atoms with Gasteiger partial charge in [0.15, 0.2) is 0 Å². The Morgan fingerprint density at radius 2 is 1.80 bits per heavy atom. The van der Waals surface area contributed by atoms with Crippen LogP contribution in [0.15, 0.2) is 24.3 Å². The molecule has 1 aliphatic heterocycles. The van der Waals surface area contributed by atoms with Crippen LogP contribution in [0.2, 0.25) is 0 Å². The summed E-state index contributed by atoms with van der Waals surface area (Å²) in [6.07, 6.45) is 1.79. The molecule has 1 aliphatic carbocycles. The van der Waals surface area contributed by atoms with Crippen molar-refractivity contribution in [1.29, 1.82) is 0 Å². The molecule has 4 heteroatoms. The molecule has 1 aromatic carbocycles. The minimum atomic E-state index is -0.702.